The predicted octanol–water partition coefficient (Wildman–Crippen LogP) is 0.424. The molecule has 2 N–H and O–H groups in total. The maximum atomic E-state index is 12.3. The second-order valence-corrected chi connectivity index (χ2v) is 6.02. The Hall–Kier alpha value is -0.890. The van der Waals surface area contributed by atoms with Crippen LogP contribution in [0.4, 0.5) is 0 Å². The van der Waals surface area contributed by atoms with Gasteiger partial charge in [0.2, 0.25) is 11.8 Å². The van der Waals surface area contributed by atoms with Gasteiger partial charge in [-0.3, -0.25) is 9.59 Å². The Morgan fingerprint density at radius 2 is 1.83 bits per heavy atom. The number of halogens is 1. The van der Waals surface area contributed by atoms with Crippen molar-refractivity contribution in [2.24, 2.45) is 5.92 Å². The molecule has 0 aromatic carbocycles. The van der Waals surface area contributed by atoms with E-state index in [-0.39, 0.29) is 42.8 Å². The summed E-state index contributed by atoms with van der Waals surface area (Å²) in [5.41, 5.74) is 0. The van der Waals surface area contributed by atoms with E-state index in [9.17, 15) is 9.59 Å². The third-order valence-corrected chi connectivity index (χ3v) is 4.18. The smallest absolute Gasteiger partial charge is 0.246 e. The molecule has 1 fully saturated rings. The van der Waals surface area contributed by atoms with Crippen LogP contribution in [0.25, 0.3) is 0 Å². The minimum Gasteiger partial charge on any atom is -0.382 e. The Labute approximate surface area is 151 Å². The van der Waals surface area contributed by atoms with Crippen molar-refractivity contribution >= 4 is 24.2 Å². The van der Waals surface area contributed by atoms with Gasteiger partial charge in [0, 0.05) is 39.2 Å². The van der Waals surface area contributed by atoms with E-state index in [4.69, 9.17) is 9.47 Å². The number of carbonyl (C=O) groups excluding carboxylic acids is 2. The van der Waals surface area contributed by atoms with Crippen molar-refractivity contribution in [3.05, 3.63) is 0 Å². The summed E-state index contributed by atoms with van der Waals surface area (Å²) >= 11 is 0. The minimum absolute atomic E-state index is 0. The van der Waals surface area contributed by atoms with Crippen molar-refractivity contribution in [1.29, 1.82) is 0 Å². The number of amides is 2. The van der Waals surface area contributed by atoms with Crippen LogP contribution < -0.4 is 10.6 Å². The molecular formula is C16H32ClN3O4. The van der Waals surface area contributed by atoms with Gasteiger partial charge < -0.3 is 25.0 Å². The van der Waals surface area contributed by atoms with Crippen molar-refractivity contribution < 1.29 is 19.1 Å². The molecular weight excluding hydrogens is 334 g/mol. The topological polar surface area (TPSA) is 79.9 Å². The third-order valence-electron chi connectivity index (χ3n) is 4.18. The van der Waals surface area contributed by atoms with Crippen LogP contribution >= 0.6 is 12.4 Å². The van der Waals surface area contributed by atoms with E-state index < -0.39 is 0 Å². The van der Waals surface area contributed by atoms with Gasteiger partial charge >= 0.3 is 0 Å². The molecule has 1 rings (SSSR count). The maximum Gasteiger partial charge on any atom is 0.246 e. The van der Waals surface area contributed by atoms with E-state index in [0.717, 1.165) is 38.8 Å². The normalized spacial score (nSPS) is 20.1. The van der Waals surface area contributed by atoms with Crippen molar-refractivity contribution in [1.82, 2.24) is 15.5 Å². The first kappa shape index (κ1) is 23.1. The van der Waals surface area contributed by atoms with Gasteiger partial charge in [-0.2, -0.15) is 0 Å². The number of nitrogens with zero attached hydrogens (tertiary/aromatic N) is 1. The zero-order valence-corrected chi connectivity index (χ0v) is 15.8. The summed E-state index contributed by atoms with van der Waals surface area (Å²) in [5, 5.41) is 6.03. The number of nitrogens with one attached hydrogen (secondary N) is 2. The van der Waals surface area contributed by atoms with Gasteiger partial charge in [0.05, 0.1) is 13.2 Å². The van der Waals surface area contributed by atoms with Crippen LogP contribution in [-0.2, 0) is 19.1 Å². The summed E-state index contributed by atoms with van der Waals surface area (Å²) in [5.74, 6) is 0.206. The molecule has 0 radical (unpaired) electrons. The Kier molecular flexibility index (Phi) is 12.9. The zero-order chi connectivity index (χ0) is 17.1. The number of methoxy groups -OCH3 is 1. The highest BCUT2D eigenvalue weighted by Gasteiger charge is 2.28. The molecule has 0 unspecified atom stereocenters. The van der Waals surface area contributed by atoms with Crippen molar-refractivity contribution in [2.75, 3.05) is 54.1 Å². The molecule has 1 aliphatic rings. The van der Waals surface area contributed by atoms with Gasteiger partial charge in [0.25, 0.3) is 0 Å². The van der Waals surface area contributed by atoms with Gasteiger partial charge in [-0.25, -0.2) is 0 Å². The summed E-state index contributed by atoms with van der Waals surface area (Å²) < 4.78 is 10.1. The molecule has 0 saturated heterocycles. The van der Waals surface area contributed by atoms with Crippen LogP contribution in [0.2, 0.25) is 0 Å². The van der Waals surface area contributed by atoms with Gasteiger partial charge in [-0.05, 0) is 32.7 Å². The highest BCUT2D eigenvalue weighted by molar-refractivity contribution is 5.85. The molecule has 0 bridgehead atoms. The van der Waals surface area contributed by atoms with E-state index >= 15 is 0 Å². The monoisotopic (exact) mass is 365 g/mol. The Bertz CT molecular complexity index is 363. The lowest BCUT2D eigenvalue weighted by Gasteiger charge is -2.31. The van der Waals surface area contributed by atoms with Crippen molar-refractivity contribution in [3.63, 3.8) is 0 Å². The van der Waals surface area contributed by atoms with Crippen molar-refractivity contribution in [2.45, 2.75) is 31.7 Å². The summed E-state index contributed by atoms with van der Waals surface area (Å²) in [6, 6.07) is 0.153. The first-order valence-electron chi connectivity index (χ1n) is 8.34. The standard InChI is InChI=1S/C16H31N3O4.ClH/c1-17-8-9-19(2)16(21)13-4-6-14(7-5-13)18-15(20)12-23-11-10-22-3;/h13-14,17H,4-12H2,1-3H3,(H,18,20);1H. The second-order valence-electron chi connectivity index (χ2n) is 6.02. The maximum absolute atomic E-state index is 12.3. The van der Waals surface area contributed by atoms with Crippen LogP contribution in [0.1, 0.15) is 25.7 Å². The highest BCUT2D eigenvalue weighted by atomic mass is 35.5. The highest BCUT2D eigenvalue weighted by Crippen LogP contribution is 2.25. The zero-order valence-electron chi connectivity index (χ0n) is 15.0. The number of hydrogen-bond acceptors (Lipinski definition) is 5. The van der Waals surface area contributed by atoms with Crippen LogP contribution in [-0.4, -0.2) is 76.9 Å². The fraction of sp³-hybridized carbons (Fsp3) is 0.875. The molecule has 0 heterocycles. The Morgan fingerprint density at radius 3 is 2.42 bits per heavy atom. The number of likely N-dealkylation sites (N-methyl/N-ethyl adjacent to an activating group) is 2. The molecule has 0 aromatic rings. The summed E-state index contributed by atoms with van der Waals surface area (Å²) in [6.45, 7) is 2.50. The molecule has 1 saturated carbocycles. The second kappa shape index (κ2) is 13.4. The molecule has 0 spiro atoms. The lowest BCUT2D eigenvalue weighted by molar-refractivity contribution is -0.135. The molecule has 8 heteroatoms. The molecule has 24 heavy (non-hydrogen) atoms. The number of hydrogen-bond donors (Lipinski definition) is 2. The third kappa shape index (κ3) is 8.82. The fourth-order valence-corrected chi connectivity index (χ4v) is 2.76. The van der Waals surface area contributed by atoms with Crippen LogP contribution in [0, 0.1) is 5.92 Å². The number of rotatable bonds is 10. The molecule has 142 valence electrons. The van der Waals surface area contributed by atoms with Gasteiger partial charge in [-0.15, -0.1) is 12.4 Å². The molecule has 2 amide bonds. The summed E-state index contributed by atoms with van der Waals surface area (Å²) in [6.07, 6.45) is 3.36. The first-order valence-corrected chi connectivity index (χ1v) is 8.34. The predicted molar refractivity (Wildman–Crippen MR) is 95.4 cm³/mol. The number of ether oxygens (including phenoxy) is 2. The largest absolute Gasteiger partial charge is 0.382 e. The molecule has 1 aliphatic carbocycles. The van der Waals surface area contributed by atoms with Crippen molar-refractivity contribution in [3.8, 4) is 0 Å². The minimum atomic E-state index is -0.0954. The quantitative estimate of drug-likeness (QED) is 0.549. The fourth-order valence-electron chi connectivity index (χ4n) is 2.76. The molecule has 0 atom stereocenters. The number of carbonyl (C=O) groups is 2. The molecule has 0 aromatic heterocycles. The molecule has 7 nitrogen and oxygen atoms in total. The van der Waals surface area contributed by atoms with Gasteiger partial charge in [-0.1, -0.05) is 0 Å². The lowest BCUT2D eigenvalue weighted by Crippen LogP contribution is -2.43. The van der Waals surface area contributed by atoms with Crippen LogP contribution in [0.5, 0.6) is 0 Å². The van der Waals surface area contributed by atoms with Gasteiger partial charge in [0.15, 0.2) is 0 Å². The average Bonchev–Trinajstić information content (AvgIpc) is 2.56. The van der Waals surface area contributed by atoms with Crippen LogP contribution in [0.3, 0.4) is 0 Å². The first-order chi connectivity index (χ1) is 11.1. The summed E-state index contributed by atoms with van der Waals surface area (Å²) in [4.78, 5) is 25.9. The van der Waals surface area contributed by atoms with E-state index in [1.165, 1.54) is 0 Å². The lowest BCUT2D eigenvalue weighted by atomic mass is 9.85. The average molecular weight is 366 g/mol. The van der Waals surface area contributed by atoms with E-state index in [1.807, 2.05) is 14.1 Å². The SMILES string of the molecule is CNCCN(C)C(=O)C1CCC(NC(=O)COCCOC)CC1.Cl. The van der Waals surface area contributed by atoms with Crippen LogP contribution in [0.15, 0.2) is 0 Å². The Balaban J connectivity index is 0.00000529. The van der Waals surface area contributed by atoms with E-state index in [1.54, 1.807) is 12.0 Å². The van der Waals surface area contributed by atoms with E-state index in [0.29, 0.717) is 13.2 Å². The summed E-state index contributed by atoms with van der Waals surface area (Å²) in [7, 11) is 5.33. The molecule has 0 aliphatic heterocycles. The van der Waals surface area contributed by atoms with Gasteiger partial charge in [0.1, 0.15) is 6.61 Å². The Morgan fingerprint density at radius 1 is 1.17 bits per heavy atom. The van der Waals surface area contributed by atoms with E-state index in [2.05, 4.69) is 10.6 Å².